The van der Waals surface area contributed by atoms with E-state index >= 15 is 0 Å². The summed E-state index contributed by atoms with van der Waals surface area (Å²) < 4.78 is 18.9. The molecular formula is C14H21NO8. The Balaban J connectivity index is 2.93. The average Bonchev–Trinajstić information content (AvgIpc) is 3.10. The molecule has 1 fully saturated rings. The van der Waals surface area contributed by atoms with Crippen molar-refractivity contribution >= 4 is 23.8 Å². The second-order valence-corrected chi connectivity index (χ2v) is 4.98. The standard InChI is InChI=1S/C14H21NO8/c1-20-10(16)6-9(13(18)21-2)11(14(19)22-3)15-12(17)8-4-5-23-7-8/h8-9,11H,4-7H2,1-3H3,(H,15,17)/t8-,9-,11+/m1/s1. The molecule has 9 nitrogen and oxygen atoms in total. The molecule has 0 aliphatic carbocycles. The van der Waals surface area contributed by atoms with Crippen molar-refractivity contribution in [3.8, 4) is 0 Å². The maximum Gasteiger partial charge on any atom is 0.329 e. The molecule has 1 aliphatic rings. The topological polar surface area (TPSA) is 117 Å². The fourth-order valence-electron chi connectivity index (χ4n) is 2.21. The molecule has 130 valence electrons. The van der Waals surface area contributed by atoms with E-state index in [2.05, 4.69) is 19.5 Å². The SMILES string of the molecule is COC(=O)C[C@@H](C(=O)OC)[C@H](NC(=O)[C@@H]1CCOC1)C(=O)OC. The lowest BCUT2D eigenvalue weighted by molar-refractivity contribution is -0.159. The Kier molecular flexibility index (Phi) is 7.46. The fourth-order valence-corrected chi connectivity index (χ4v) is 2.21. The van der Waals surface area contributed by atoms with Gasteiger partial charge in [-0.25, -0.2) is 4.79 Å². The lowest BCUT2D eigenvalue weighted by Gasteiger charge is -2.24. The number of hydrogen-bond acceptors (Lipinski definition) is 8. The highest BCUT2D eigenvalue weighted by Crippen LogP contribution is 2.17. The van der Waals surface area contributed by atoms with E-state index in [1.54, 1.807) is 0 Å². The highest BCUT2D eigenvalue weighted by atomic mass is 16.5. The first-order chi connectivity index (χ1) is 10.9. The first kappa shape index (κ1) is 18.9. The van der Waals surface area contributed by atoms with Gasteiger partial charge in [0.2, 0.25) is 5.91 Å². The van der Waals surface area contributed by atoms with Gasteiger partial charge in [-0.05, 0) is 6.42 Å². The van der Waals surface area contributed by atoms with E-state index in [9.17, 15) is 19.2 Å². The van der Waals surface area contributed by atoms with Crippen LogP contribution in [-0.4, -0.2) is 64.4 Å². The van der Waals surface area contributed by atoms with Crippen LogP contribution < -0.4 is 5.32 Å². The molecule has 3 atom stereocenters. The summed E-state index contributed by atoms with van der Waals surface area (Å²) in [6.45, 7) is 0.684. The van der Waals surface area contributed by atoms with Gasteiger partial charge < -0.3 is 24.3 Å². The Labute approximate surface area is 133 Å². The lowest BCUT2D eigenvalue weighted by atomic mass is 9.95. The maximum absolute atomic E-state index is 12.2. The van der Waals surface area contributed by atoms with E-state index in [0.29, 0.717) is 13.0 Å². The summed E-state index contributed by atoms with van der Waals surface area (Å²) >= 11 is 0. The monoisotopic (exact) mass is 331 g/mol. The number of carbonyl (C=O) groups excluding carboxylic acids is 4. The Bertz CT molecular complexity index is 458. The molecule has 1 saturated heterocycles. The summed E-state index contributed by atoms with van der Waals surface area (Å²) in [5.74, 6) is -4.50. The van der Waals surface area contributed by atoms with Gasteiger partial charge in [0.15, 0.2) is 0 Å². The predicted octanol–water partition coefficient (Wildman–Crippen LogP) is -0.967. The number of methoxy groups -OCH3 is 3. The van der Waals surface area contributed by atoms with Crippen molar-refractivity contribution in [3.63, 3.8) is 0 Å². The normalized spacial score (nSPS) is 19.3. The van der Waals surface area contributed by atoms with Crippen molar-refractivity contribution in [2.45, 2.75) is 18.9 Å². The molecule has 0 aromatic heterocycles. The van der Waals surface area contributed by atoms with Crippen molar-refractivity contribution in [1.82, 2.24) is 5.32 Å². The Morgan fingerprint density at radius 3 is 2.22 bits per heavy atom. The van der Waals surface area contributed by atoms with Crippen molar-refractivity contribution in [2.75, 3.05) is 34.5 Å². The van der Waals surface area contributed by atoms with Crippen molar-refractivity contribution < 1.29 is 38.1 Å². The van der Waals surface area contributed by atoms with Gasteiger partial charge in [-0.15, -0.1) is 0 Å². The largest absolute Gasteiger partial charge is 0.469 e. The van der Waals surface area contributed by atoms with E-state index < -0.39 is 48.1 Å². The Hall–Kier alpha value is -2.16. The molecule has 1 aliphatic heterocycles. The van der Waals surface area contributed by atoms with Gasteiger partial charge in [0, 0.05) is 6.61 Å². The van der Waals surface area contributed by atoms with Crippen LogP contribution in [0.1, 0.15) is 12.8 Å². The number of carbonyl (C=O) groups is 4. The quantitative estimate of drug-likeness (QED) is 0.468. The van der Waals surface area contributed by atoms with Gasteiger partial charge in [-0.2, -0.15) is 0 Å². The Morgan fingerprint density at radius 2 is 1.74 bits per heavy atom. The van der Waals surface area contributed by atoms with Gasteiger partial charge in [-0.3, -0.25) is 14.4 Å². The van der Waals surface area contributed by atoms with E-state index in [1.807, 2.05) is 0 Å². The average molecular weight is 331 g/mol. The van der Waals surface area contributed by atoms with Crippen LogP contribution in [0.15, 0.2) is 0 Å². The highest BCUT2D eigenvalue weighted by molar-refractivity contribution is 5.91. The number of esters is 3. The molecule has 0 unspecified atom stereocenters. The first-order valence-electron chi connectivity index (χ1n) is 7.05. The predicted molar refractivity (Wildman–Crippen MR) is 75.0 cm³/mol. The molecule has 0 aromatic rings. The molecule has 9 heteroatoms. The summed E-state index contributed by atoms with van der Waals surface area (Å²) in [5, 5.41) is 2.45. The summed E-state index contributed by atoms with van der Waals surface area (Å²) in [6.07, 6.45) is 0.0873. The number of hydrogen-bond donors (Lipinski definition) is 1. The Morgan fingerprint density at radius 1 is 1.09 bits per heavy atom. The van der Waals surface area contributed by atoms with Crippen LogP contribution in [0.2, 0.25) is 0 Å². The van der Waals surface area contributed by atoms with Crippen LogP contribution in [-0.2, 0) is 38.1 Å². The second kappa shape index (κ2) is 9.09. The minimum Gasteiger partial charge on any atom is -0.469 e. The summed E-state index contributed by atoms with van der Waals surface area (Å²) in [7, 11) is 3.39. The lowest BCUT2D eigenvalue weighted by Crippen LogP contribution is -2.51. The molecule has 0 saturated carbocycles. The molecular weight excluding hydrogens is 310 g/mol. The van der Waals surface area contributed by atoms with Crippen LogP contribution in [0.3, 0.4) is 0 Å². The molecule has 0 radical (unpaired) electrons. The van der Waals surface area contributed by atoms with Crippen LogP contribution in [0, 0.1) is 11.8 Å². The number of amides is 1. The number of ether oxygens (including phenoxy) is 4. The molecule has 0 spiro atoms. The van der Waals surface area contributed by atoms with Crippen molar-refractivity contribution in [1.29, 1.82) is 0 Å². The third kappa shape index (κ3) is 5.20. The van der Waals surface area contributed by atoms with E-state index in [-0.39, 0.29) is 6.61 Å². The number of nitrogens with one attached hydrogen (secondary N) is 1. The minimum absolute atomic E-state index is 0.236. The van der Waals surface area contributed by atoms with Crippen LogP contribution in [0.25, 0.3) is 0 Å². The highest BCUT2D eigenvalue weighted by Gasteiger charge is 2.40. The van der Waals surface area contributed by atoms with Crippen LogP contribution in [0.4, 0.5) is 0 Å². The molecule has 1 heterocycles. The van der Waals surface area contributed by atoms with Crippen LogP contribution >= 0.6 is 0 Å². The molecule has 1 rings (SSSR count). The molecule has 0 aromatic carbocycles. The molecule has 23 heavy (non-hydrogen) atoms. The first-order valence-corrected chi connectivity index (χ1v) is 7.05. The zero-order valence-electron chi connectivity index (χ0n) is 13.3. The van der Waals surface area contributed by atoms with Gasteiger partial charge in [0.1, 0.15) is 6.04 Å². The summed E-state index contributed by atoms with van der Waals surface area (Å²) in [5.41, 5.74) is 0. The van der Waals surface area contributed by atoms with Gasteiger partial charge in [-0.1, -0.05) is 0 Å². The van der Waals surface area contributed by atoms with Gasteiger partial charge in [0.05, 0.1) is 46.2 Å². The third-order valence-electron chi connectivity index (χ3n) is 3.57. The smallest absolute Gasteiger partial charge is 0.329 e. The van der Waals surface area contributed by atoms with Gasteiger partial charge >= 0.3 is 17.9 Å². The summed E-state index contributed by atoms with van der Waals surface area (Å²) in [4.78, 5) is 47.5. The molecule has 1 N–H and O–H groups in total. The van der Waals surface area contributed by atoms with Crippen molar-refractivity contribution in [2.24, 2.45) is 11.8 Å². The van der Waals surface area contributed by atoms with Crippen LogP contribution in [0.5, 0.6) is 0 Å². The second-order valence-electron chi connectivity index (χ2n) is 4.98. The fraction of sp³-hybridized carbons (Fsp3) is 0.714. The number of rotatable bonds is 7. The zero-order valence-corrected chi connectivity index (χ0v) is 13.3. The van der Waals surface area contributed by atoms with E-state index in [1.165, 1.54) is 0 Å². The van der Waals surface area contributed by atoms with E-state index in [4.69, 9.17) is 4.74 Å². The maximum atomic E-state index is 12.2. The molecule has 1 amide bonds. The zero-order chi connectivity index (χ0) is 17.4. The molecule has 0 bridgehead atoms. The van der Waals surface area contributed by atoms with Gasteiger partial charge in [0.25, 0.3) is 0 Å². The third-order valence-corrected chi connectivity index (χ3v) is 3.57. The van der Waals surface area contributed by atoms with E-state index in [0.717, 1.165) is 21.3 Å². The van der Waals surface area contributed by atoms with Crippen molar-refractivity contribution in [3.05, 3.63) is 0 Å². The minimum atomic E-state index is -1.35. The summed E-state index contributed by atoms with van der Waals surface area (Å²) in [6, 6.07) is -1.35.